The third-order valence-corrected chi connectivity index (χ3v) is 5.72. The van der Waals surface area contributed by atoms with Gasteiger partial charge in [0.1, 0.15) is 12.1 Å². The molecule has 0 saturated carbocycles. The molecular weight excluding hydrogens is 440 g/mol. The summed E-state index contributed by atoms with van der Waals surface area (Å²) in [5, 5.41) is 26.5. The van der Waals surface area contributed by atoms with E-state index in [1.807, 2.05) is 37.3 Å². The van der Waals surface area contributed by atoms with Crippen molar-refractivity contribution >= 4 is 23.7 Å². The summed E-state index contributed by atoms with van der Waals surface area (Å²) >= 11 is 0. The summed E-state index contributed by atoms with van der Waals surface area (Å²) in [6, 6.07) is 4.86. The summed E-state index contributed by atoms with van der Waals surface area (Å²) in [5.74, 6) is -3.85. The highest BCUT2D eigenvalue weighted by Gasteiger charge is 2.34. The summed E-state index contributed by atoms with van der Waals surface area (Å²) in [4.78, 5) is 49.9. The molecule has 3 amide bonds. The Kier molecular flexibility index (Phi) is 11.7. The molecule has 0 bridgehead atoms. The maximum absolute atomic E-state index is 13.1. The van der Waals surface area contributed by atoms with Gasteiger partial charge in [-0.2, -0.15) is 0 Å². The van der Waals surface area contributed by atoms with E-state index >= 15 is 0 Å². The highest BCUT2D eigenvalue weighted by Crippen LogP contribution is 2.12. The number of carbonyl (C=O) groups is 4. The lowest BCUT2D eigenvalue weighted by molar-refractivity contribution is -0.145. The van der Waals surface area contributed by atoms with Gasteiger partial charge in [0.2, 0.25) is 17.7 Å². The van der Waals surface area contributed by atoms with Crippen molar-refractivity contribution in [1.82, 2.24) is 16.0 Å². The first-order valence-corrected chi connectivity index (χ1v) is 11.5. The van der Waals surface area contributed by atoms with Crippen LogP contribution >= 0.6 is 0 Å². The molecule has 0 aliphatic carbocycles. The van der Waals surface area contributed by atoms with E-state index in [1.165, 1.54) is 6.92 Å². The Morgan fingerprint density at radius 1 is 0.853 bits per heavy atom. The largest absolute Gasteiger partial charge is 0.480 e. The van der Waals surface area contributed by atoms with Crippen LogP contribution in [0, 0.1) is 11.8 Å². The van der Waals surface area contributed by atoms with E-state index in [0.717, 1.165) is 5.56 Å². The van der Waals surface area contributed by atoms with Crippen LogP contribution in [-0.2, 0) is 25.6 Å². The second-order valence-corrected chi connectivity index (χ2v) is 8.96. The number of carbonyl (C=O) groups excluding carboxylic acids is 3. The molecule has 6 unspecified atom stereocenters. The number of hydrogen-bond acceptors (Lipinski definition) is 6. The number of carboxylic acid groups (broad SMARTS) is 1. The molecule has 0 spiro atoms. The molecule has 0 aromatic heterocycles. The van der Waals surface area contributed by atoms with Crippen molar-refractivity contribution < 1.29 is 29.4 Å². The molecule has 34 heavy (non-hydrogen) atoms. The lowest BCUT2D eigenvalue weighted by Crippen LogP contribution is -2.60. The summed E-state index contributed by atoms with van der Waals surface area (Å²) < 4.78 is 0. The predicted molar refractivity (Wildman–Crippen MR) is 128 cm³/mol. The van der Waals surface area contributed by atoms with Crippen LogP contribution in [0.5, 0.6) is 0 Å². The summed E-state index contributed by atoms with van der Waals surface area (Å²) in [6.07, 6.45) is -0.453. The molecule has 0 fully saturated rings. The number of benzene rings is 1. The Labute approximate surface area is 200 Å². The third-order valence-electron chi connectivity index (χ3n) is 5.72. The van der Waals surface area contributed by atoms with Gasteiger partial charge in [-0.3, -0.25) is 14.4 Å². The van der Waals surface area contributed by atoms with E-state index in [0.29, 0.717) is 12.8 Å². The van der Waals surface area contributed by atoms with Crippen LogP contribution in [-0.4, -0.2) is 64.2 Å². The average molecular weight is 479 g/mol. The number of amides is 3. The number of nitrogens with two attached hydrogens (primary N) is 1. The van der Waals surface area contributed by atoms with Gasteiger partial charge in [-0.05, 0) is 30.7 Å². The molecule has 10 nitrogen and oxygen atoms in total. The van der Waals surface area contributed by atoms with Gasteiger partial charge in [0.25, 0.3) is 0 Å². The van der Waals surface area contributed by atoms with Gasteiger partial charge in [-0.15, -0.1) is 0 Å². The van der Waals surface area contributed by atoms with E-state index in [1.54, 1.807) is 20.8 Å². The smallest absolute Gasteiger partial charge is 0.328 e. The van der Waals surface area contributed by atoms with E-state index < -0.39 is 54.0 Å². The second-order valence-electron chi connectivity index (χ2n) is 8.96. The number of nitrogens with one attached hydrogen (secondary N) is 3. The van der Waals surface area contributed by atoms with Gasteiger partial charge in [0.15, 0.2) is 6.04 Å². The molecule has 0 heterocycles. The minimum atomic E-state index is -1.52. The van der Waals surface area contributed by atoms with Crippen molar-refractivity contribution in [3.05, 3.63) is 35.9 Å². The SMILES string of the molecule is CCC(C)C(NC(=O)C(N)Cc1ccccc1)C(=O)NC(C(=O)NC(C(=O)O)C(C)O)C(C)C. The van der Waals surface area contributed by atoms with Gasteiger partial charge < -0.3 is 31.9 Å². The lowest BCUT2D eigenvalue weighted by Gasteiger charge is -2.29. The van der Waals surface area contributed by atoms with Crippen LogP contribution in [0.1, 0.15) is 46.6 Å². The maximum Gasteiger partial charge on any atom is 0.328 e. The van der Waals surface area contributed by atoms with Crippen molar-refractivity contribution in [3.63, 3.8) is 0 Å². The highest BCUT2D eigenvalue weighted by molar-refractivity contribution is 5.94. The number of carboxylic acids is 1. The minimum absolute atomic E-state index is 0.256. The molecule has 1 aromatic rings. The number of aliphatic hydroxyl groups is 1. The summed E-state index contributed by atoms with van der Waals surface area (Å²) in [7, 11) is 0. The number of aliphatic carboxylic acids is 1. The zero-order chi connectivity index (χ0) is 26.0. The van der Waals surface area contributed by atoms with E-state index in [9.17, 15) is 29.4 Å². The second kappa shape index (κ2) is 13.7. The quantitative estimate of drug-likeness (QED) is 0.235. The fourth-order valence-electron chi connectivity index (χ4n) is 3.33. The van der Waals surface area contributed by atoms with Gasteiger partial charge in [-0.1, -0.05) is 64.4 Å². The fraction of sp³-hybridized carbons (Fsp3) is 0.583. The topological polar surface area (TPSA) is 171 Å². The standard InChI is InChI=1S/C24H38N4O6/c1-6-14(4)19(27-21(30)17(25)12-16-10-8-7-9-11-16)23(32)26-18(13(2)3)22(31)28-20(15(5)29)24(33)34/h7-11,13-15,17-20,29H,6,12,25H2,1-5H3,(H,26,32)(H,27,30)(H,28,31)(H,33,34). The molecule has 7 N–H and O–H groups in total. The van der Waals surface area contributed by atoms with Crippen LogP contribution in [0.3, 0.4) is 0 Å². The first kappa shape index (κ1) is 29.1. The van der Waals surface area contributed by atoms with E-state index in [2.05, 4.69) is 16.0 Å². The highest BCUT2D eigenvalue weighted by atomic mass is 16.4. The van der Waals surface area contributed by atoms with Gasteiger partial charge in [0, 0.05) is 0 Å². The molecule has 190 valence electrons. The van der Waals surface area contributed by atoms with Crippen LogP contribution < -0.4 is 21.7 Å². The minimum Gasteiger partial charge on any atom is -0.480 e. The Morgan fingerprint density at radius 2 is 1.35 bits per heavy atom. The van der Waals surface area contributed by atoms with Crippen molar-refractivity contribution in [2.45, 2.75) is 77.7 Å². The van der Waals surface area contributed by atoms with Crippen molar-refractivity contribution in [1.29, 1.82) is 0 Å². The zero-order valence-electron chi connectivity index (χ0n) is 20.4. The van der Waals surface area contributed by atoms with Gasteiger partial charge in [-0.25, -0.2) is 4.79 Å². The molecule has 0 aliphatic rings. The Balaban J connectivity index is 2.95. The van der Waals surface area contributed by atoms with Crippen LogP contribution in [0.2, 0.25) is 0 Å². The Hall–Kier alpha value is -2.98. The van der Waals surface area contributed by atoms with E-state index in [-0.39, 0.29) is 11.8 Å². The molecule has 0 saturated heterocycles. The Morgan fingerprint density at radius 3 is 1.82 bits per heavy atom. The fourth-order valence-corrected chi connectivity index (χ4v) is 3.33. The number of rotatable bonds is 13. The third kappa shape index (κ3) is 8.75. The zero-order valence-corrected chi connectivity index (χ0v) is 20.4. The molecule has 0 aliphatic heterocycles. The first-order chi connectivity index (χ1) is 15.9. The van der Waals surface area contributed by atoms with E-state index in [4.69, 9.17) is 5.73 Å². The monoisotopic (exact) mass is 478 g/mol. The maximum atomic E-state index is 13.1. The van der Waals surface area contributed by atoms with Gasteiger partial charge >= 0.3 is 5.97 Å². The van der Waals surface area contributed by atoms with Crippen molar-refractivity contribution in [2.24, 2.45) is 17.6 Å². The summed E-state index contributed by atoms with van der Waals surface area (Å²) in [5.41, 5.74) is 6.95. The molecule has 0 radical (unpaired) electrons. The number of aliphatic hydroxyl groups excluding tert-OH is 1. The van der Waals surface area contributed by atoms with Crippen molar-refractivity contribution in [2.75, 3.05) is 0 Å². The Bertz CT molecular complexity index is 830. The molecular formula is C24H38N4O6. The molecule has 10 heteroatoms. The van der Waals surface area contributed by atoms with Gasteiger partial charge in [0.05, 0.1) is 12.1 Å². The average Bonchev–Trinajstić information content (AvgIpc) is 2.78. The normalized spacial score (nSPS) is 16.5. The first-order valence-electron chi connectivity index (χ1n) is 11.5. The summed E-state index contributed by atoms with van der Waals surface area (Å²) in [6.45, 7) is 8.29. The van der Waals surface area contributed by atoms with Crippen molar-refractivity contribution in [3.8, 4) is 0 Å². The molecule has 6 atom stereocenters. The number of hydrogen-bond donors (Lipinski definition) is 6. The lowest BCUT2D eigenvalue weighted by atomic mass is 9.95. The molecule has 1 aromatic carbocycles. The van der Waals surface area contributed by atoms with Crippen LogP contribution in [0.25, 0.3) is 0 Å². The predicted octanol–water partition coefficient (Wildman–Crippen LogP) is 0.178. The van der Waals surface area contributed by atoms with Crippen LogP contribution in [0.4, 0.5) is 0 Å². The van der Waals surface area contributed by atoms with Crippen LogP contribution in [0.15, 0.2) is 30.3 Å². The molecule has 1 rings (SSSR count).